The Morgan fingerprint density at radius 1 is 1.14 bits per heavy atom. The maximum Gasteiger partial charge on any atom is 0.133 e. The first-order chi connectivity index (χ1) is 10.0. The molecule has 0 amide bonds. The van der Waals surface area contributed by atoms with Crippen molar-refractivity contribution < 1.29 is 19.0 Å². The molecule has 112 valence electrons. The topological polar surface area (TPSA) is 38.7 Å². The quantitative estimate of drug-likeness (QED) is 0.888. The predicted octanol–water partition coefficient (Wildman–Crippen LogP) is 4.38. The fourth-order valence-corrected chi connectivity index (χ4v) is 1.98. The Bertz CT molecular complexity index is 606. The van der Waals surface area contributed by atoms with E-state index in [-0.39, 0.29) is 5.82 Å². The molecule has 2 aromatic rings. The number of aliphatic hydroxyl groups excluding tert-OH is 1. The van der Waals surface area contributed by atoms with Crippen LogP contribution in [0, 0.1) is 12.7 Å². The summed E-state index contributed by atoms with van der Waals surface area (Å²) >= 11 is 0. The maximum atomic E-state index is 13.6. The summed E-state index contributed by atoms with van der Waals surface area (Å²) in [5.74, 6) is 1.46. The first-order valence-corrected chi connectivity index (χ1v) is 6.90. The summed E-state index contributed by atoms with van der Waals surface area (Å²) in [5, 5.41) is 9.75. The fourth-order valence-electron chi connectivity index (χ4n) is 1.98. The number of rotatable bonds is 5. The molecule has 1 N–H and O–H groups in total. The Morgan fingerprint density at radius 2 is 1.76 bits per heavy atom. The zero-order valence-electron chi connectivity index (χ0n) is 12.4. The van der Waals surface area contributed by atoms with Gasteiger partial charge in [0.1, 0.15) is 23.1 Å². The molecule has 0 aliphatic heterocycles. The fraction of sp³-hybridized carbons (Fsp3) is 0.294. The Hall–Kier alpha value is -2.07. The lowest BCUT2D eigenvalue weighted by Crippen LogP contribution is -1.99. The standard InChI is InChI=1S/C17H19FO3/c1-4-20-13-5-7-14(8-6-13)21-17-9-11(2)16(18)10-15(17)12(3)19/h5-10,12,19H,4H2,1-3H3/t12-/m0/s1. The van der Waals surface area contributed by atoms with E-state index in [4.69, 9.17) is 9.47 Å². The number of aliphatic hydroxyl groups is 1. The average molecular weight is 290 g/mol. The number of halogens is 1. The monoisotopic (exact) mass is 290 g/mol. The molecule has 0 aliphatic rings. The molecule has 0 aromatic heterocycles. The molecule has 0 aliphatic carbocycles. The van der Waals surface area contributed by atoms with Crippen molar-refractivity contribution in [2.24, 2.45) is 0 Å². The second-order valence-electron chi connectivity index (χ2n) is 4.82. The summed E-state index contributed by atoms with van der Waals surface area (Å²) in [5.41, 5.74) is 0.896. The second kappa shape index (κ2) is 6.59. The molecule has 21 heavy (non-hydrogen) atoms. The lowest BCUT2D eigenvalue weighted by Gasteiger charge is -2.15. The molecule has 3 nitrogen and oxygen atoms in total. The molecule has 0 fully saturated rings. The smallest absolute Gasteiger partial charge is 0.133 e. The number of hydrogen-bond acceptors (Lipinski definition) is 3. The van der Waals surface area contributed by atoms with Crippen LogP contribution in [0.4, 0.5) is 4.39 Å². The van der Waals surface area contributed by atoms with Crippen LogP contribution in [-0.4, -0.2) is 11.7 Å². The van der Waals surface area contributed by atoms with Crippen LogP contribution in [0.2, 0.25) is 0 Å². The van der Waals surface area contributed by atoms with Crippen LogP contribution >= 0.6 is 0 Å². The average Bonchev–Trinajstić information content (AvgIpc) is 2.44. The first-order valence-electron chi connectivity index (χ1n) is 6.90. The highest BCUT2D eigenvalue weighted by molar-refractivity contribution is 5.43. The van der Waals surface area contributed by atoms with Gasteiger partial charge in [0.25, 0.3) is 0 Å². The van der Waals surface area contributed by atoms with Gasteiger partial charge in [-0.15, -0.1) is 0 Å². The number of hydrogen-bond donors (Lipinski definition) is 1. The number of benzene rings is 2. The molecule has 0 radical (unpaired) electrons. The summed E-state index contributed by atoms with van der Waals surface area (Å²) in [4.78, 5) is 0. The van der Waals surface area contributed by atoms with Gasteiger partial charge in [-0.2, -0.15) is 0 Å². The normalized spacial score (nSPS) is 12.0. The third kappa shape index (κ3) is 3.73. The minimum Gasteiger partial charge on any atom is -0.494 e. The van der Waals surface area contributed by atoms with E-state index >= 15 is 0 Å². The van der Waals surface area contributed by atoms with E-state index in [1.54, 1.807) is 44.2 Å². The predicted molar refractivity (Wildman–Crippen MR) is 79.5 cm³/mol. The third-order valence-corrected chi connectivity index (χ3v) is 3.10. The molecule has 2 aromatic carbocycles. The van der Waals surface area contributed by atoms with Crippen molar-refractivity contribution in [1.82, 2.24) is 0 Å². The van der Waals surface area contributed by atoms with Crippen molar-refractivity contribution in [2.45, 2.75) is 26.9 Å². The van der Waals surface area contributed by atoms with Crippen LogP contribution in [0.25, 0.3) is 0 Å². The molecule has 0 saturated carbocycles. The number of aryl methyl sites for hydroxylation is 1. The van der Waals surface area contributed by atoms with Gasteiger partial charge < -0.3 is 14.6 Å². The molecule has 0 unspecified atom stereocenters. The van der Waals surface area contributed by atoms with Crippen molar-refractivity contribution >= 4 is 0 Å². The van der Waals surface area contributed by atoms with Gasteiger partial charge >= 0.3 is 0 Å². The SMILES string of the molecule is CCOc1ccc(Oc2cc(C)c(F)cc2[C@H](C)O)cc1. The summed E-state index contributed by atoms with van der Waals surface area (Å²) in [6.07, 6.45) is -0.808. The van der Waals surface area contributed by atoms with Crippen molar-refractivity contribution in [3.63, 3.8) is 0 Å². The van der Waals surface area contributed by atoms with Gasteiger partial charge in [0, 0.05) is 5.56 Å². The van der Waals surface area contributed by atoms with Crippen LogP contribution in [0.3, 0.4) is 0 Å². The Balaban J connectivity index is 2.28. The number of ether oxygens (including phenoxy) is 2. The van der Waals surface area contributed by atoms with Gasteiger partial charge in [0.2, 0.25) is 0 Å². The zero-order valence-corrected chi connectivity index (χ0v) is 12.4. The summed E-state index contributed by atoms with van der Waals surface area (Å²) < 4.78 is 24.7. The first kappa shape index (κ1) is 15.3. The van der Waals surface area contributed by atoms with E-state index < -0.39 is 6.10 Å². The van der Waals surface area contributed by atoms with E-state index in [0.717, 1.165) is 5.75 Å². The molecule has 0 heterocycles. The van der Waals surface area contributed by atoms with E-state index in [9.17, 15) is 9.50 Å². The van der Waals surface area contributed by atoms with Crippen LogP contribution in [-0.2, 0) is 0 Å². The summed E-state index contributed by atoms with van der Waals surface area (Å²) in [7, 11) is 0. The zero-order chi connectivity index (χ0) is 15.4. The molecule has 1 atom stereocenters. The highest BCUT2D eigenvalue weighted by Gasteiger charge is 2.13. The molecule has 4 heteroatoms. The highest BCUT2D eigenvalue weighted by atomic mass is 19.1. The van der Waals surface area contributed by atoms with Crippen LogP contribution in [0.1, 0.15) is 31.1 Å². The van der Waals surface area contributed by atoms with E-state index in [1.165, 1.54) is 6.07 Å². The summed E-state index contributed by atoms with van der Waals surface area (Å²) in [6, 6.07) is 10.1. The van der Waals surface area contributed by atoms with Crippen molar-refractivity contribution in [3.05, 3.63) is 53.3 Å². The van der Waals surface area contributed by atoms with Gasteiger partial charge in [-0.05, 0) is 62.7 Å². The largest absolute Gasteiger partial charge is 0.494 e. The molecule has 0 saturated heterocycles. The Morgan fingerprint density at radius 3 is 2.33 bits per heavy atom. The van der Waals surface area contributed by atoms with E-state index in [1.807, 2.05) is 6.92 Å². The lowest BCUT2D eigenvalue weighted by atomic mass is 10.1. The molecule has 0 bridgehead atoms. The Kier molecular flexibility index (Phi) is 4.81. The van der Waals surface area contributed by atoms with Gasteiger partial charge in [0.05, 0.1) is 12.7 Å². The van der Waals surface area contributed by atoms with Crippen LogP contribution in [0.15, 0.2) is 36.4 Å². The Labute approximate surface area is 124 Å². The van der Waals surface area contributed by atoms with Gasteiger partial charge in [-0.1, -0.05) is 0 Å². The molecule has 2 rings (SSSR count). The minimum absolute atomic E-state index is 0.357. The van der Waals surface area contributed by atoms with Crippen molar-refractivity contribution in [2.75, 3.05) is 6.61 Å². The molecular weight excluding hydrogens is 271 g/mol. The van der Waals surface area contributed by atoms with E-state index in [0.29, 0.717) is 29.2 Å². The lowest BCUT2D eigenvalue weighted by molar-refractivity contribution is 0.195. The molecule has 0 spiro atoms. The van der Waals surface area contributed by atoms with Gasteiger partial charge in [-0.3, -0.25) is 0 Å². The third-order valence-electron chi connectivity index (χ3n) is 3.10. The maximum absolute atomic E-state index is 13.6. The van der Waals surface area contributed by atoms with Gasteiger partial charge in [-0.25, -0.2) is 4.39 Å². The van der Waals surface area contributed by atoms with Crippen molar-refractivity contribution in [3.8, 4) is 17.2 Å². The van der Waals surface area contributed by atoms with Crippen molar-refractivity contribution in [1.29, 1.82) is 0 Å². The second-order valence-corrected chi connectivity index (χ2v) is 4.82. The summed E-state index contributed by atoms with van der Waals surface area (Å²) in [6.45, 7) is 5.76. The van der Waals surface area contributed by atoms with Gasteiger partial charge in [0.15, 0.2) is 0 Å². The van der Waals surface area contributed by atoms with E-state index in [2.05, 4.69) is 0 Å². The van der Waals surface area contributed by atoms with Crippen LogP contribution < -0.4 is 9.47 Å². The molecular formula is C17H19FO3. The van der Waals surface area contributed by atoms with Crippen LogP contribution in [0.5, 0.6) is 17.2 Å². The highest BCUT2D eigenvalue weighted by Crippen LogP contribution is 2.32. The minimum atomic E-state index is -0.808.